The van der Waals surface area contributed by atoms with E-state index in [1.165, 1.54) is 11.6 Å². The van der Waals surface area contributed by atoms with Crippen LogP contribution in [0, 0.1) is 5.82 Å². The van der Waals surface area contributed by atoms with E-state index >= 15 is 0 Å². The second-order valence-corrected chi connectivity index (χ2v) is 5.72. The lowest BCUT2D eigenvalue weighted by Gasteiger charge is -2.27. The first-order valence-corrected chi connectivity index (χ1v) is 7.71. The normalized spacial score (nSPS) is 16.5. The lowest BCUT2D eigenvalue weighted by molar-refractivity contribution is -0.118. The summed E-state index contributed by atoms with van der Waals surface area (Å²) in [6, 6.07) is 12.3. The van der Waals surface area contributed by atoms with E-state index in [1.54, 1.807) is 18.2 Å². The highest BCUT2D eigenvalue weighted by molar-refractivity contribution is 5.91. The summed E-state index contributed by atoms with van der Waals surface area (Å²) >= 11 is 0. The van der Waals surface area contributed by atoms with Crippen LogP contribution < -0.4 is 10.6 Å². The zero-order chi connectivity index (χ0) is 16.2. The van der Waals surface area contributed by atoms with Crippen LogP contribution in [-0.4, -0.2) is 17.6 Å². The molecule has 3 rings (SSSR count). The number of aliphatic hydroxyl groups is 1. The highest BCUT2D eigenvalue weighted by Gasteiger charge is 2.20. The molecule has 0 aliphatic heterocycles. The van der Waals surface area contributed by atoms with Crippen molar-refractivity contribution in [3.8, 4) is 0 Å². The summed E-state index contributed by atoms with van der Waals surface area (Å²) in [6.45, 7) is -0.549. The number of hydrogen-bond donors (Lipinski definition) is 3. The fourth-order valence-corrected chi connectivity index (χ4v) is 3.01. The van der Waals surface area contributed by atoms with E-state index in [0.29, 0.717) is 5.69 Å². The highest BCUT2D eigenvalue weighted by Crippen LogP contribution is 2.33. The minimum absolute atomic E-state index is 0.0539. The Hall–Kier alpha value is -2.40. The largest absolute Gasteiger partial charge is 0.387 e. The molecule has 1 aliphatic carbocycles. The maximum atomic E-state index is 13.6. The second kappa shape index (κ2) is 6.79. The summed E-state index contributed by atoms with van der Waals surface area (Å²) in [6.07, 6.45) is 2.96. The van der Waals surface area contributed by atoms with Crippen molar-refractivity contribution in [1.29, 1.82) is 0 Å². The van der Waals surface area contributed by atoms with Crippen molar-refractivity contribution in [2.45, 2.75) is 25.3 Å². The maximum absolute atomic E-state index is 13.6. The van der Waals surface area contributed by atoms with Crippen molar-refractivity contribution in [2.75, 3.05) is 17.2 Å². The Morgan fingerprint density at radius 2 is 2.04 bits per heavy atom. The van der Waals surface area contributed by atoms with Gasteiger partial charge in [-0.25, -0.2) is 4.39 Å². The number of aliphatic hydroxyl groups excluding tert-OH is 1. The van der Waals surface area contributed by atoms with Gasteiger partial charge in [0.25, 0.3) is 0 Å². The third-order valence-electron chi connectivity index (χ3n) is 4.05. The number of fused-ring (bicyclic) bond motifs is 1. The Labute approximate surface area is 134 Å². The van der Waals surface area contributed by atoms with E-state index in [4.69, 9.17) is 5.11 Å². The van der Waals surface area contributed by atoms with Crippen LogP contribution in [0.3, 0.4) is 0 Å². The Kier molecular flexibility index (Phi) is 4.57. The average molecular weight is 314 g/mol. The van der Waals surface area contributed by atoms with Crippen LogP contribution in [0.25, 0.3) is 0 Å². The van der Waals surface area contributed by atoms with Crippen LogP contribution >= 0.6 is 0 Å². The second-order valence-electron chi connectivity index (χ2n) is 5.72. The molecule has 5 heteroatoms. The molecular weight excluding hydrogens is 295 g/mol. The van der Waals surface area contributed by atoms with Gasteiger partial charge in [0.05, 0.1) is 6.04 Å². The summed E-state index contributed by atoms with van der Waals surface area (Å²) < 4.78 is 13.6. The first-order valence-electron chi connectivity index (χ1n) is 7.71. The number of anilines is 2. The lowest BCUT2D eigenvalue weighted by atomic mass is 9.87. The standard InChI is InChI=1S/C18H19FN2O2/c19-13-8-7-12-3-1-6-17(16(12)9-13)20-14-4-2-5-15(10-14)21-18(23)11-22/h2,4-5,7-10,17,20,22H,1,3,6,11H2,(H,21,23). The number of carbonyl (C=O) groups excluding carboxylic acids is 1. The van der Waals surface area contributed by atoms with E-state index in [9.17, 15) is 9.18 Å². The molecule has 0 radical (unpaired) electrons. The van der Waals surface area contributed by atoms with Crippen LogP contribution in [0.4, 0.5) is 15.8 Å². The molecule has 1 atom stereocenters. The van der Waals surface area contributed by atoms with E-state index in [2.05, 4.69) is 10.6 Å². The van der Waals surface area contributed by atoms with Gasteiger partial charge < -0.3 is 15.7 Å². The van der Waals surface area contributed by atoms with Gasteiger partial charge in [0.15, 0.2) is 0 Å². The SMILES string of the molecule is O=C(CO)Nc1cccc(NC2CCCc3ccc(F)cc32)c1. The van der Waals surface area contributed by atoms with E-state index in [-0.39, 0.29) is 11.9 Å². The average Bonchev–Trinajstić information content (AvgIpc) is 2.55. The molecule has 23 heavy (non-hydrogen) atoms. The Morgan fingerprint density at radius 3 is 2.87 bits per heavy atom. The molecule has 0 heterocycles. The van der Waals surface area contributed by atoms with Gasteiger partial charge in [-0.3, -0.25) is 4.79 Å². The molecule has 1 unspecified atom stereocenters. The molecule has 0 spiro atoms. The quantitative estimate of drug-likeness (QED) is 0.812. The van der Waals surface area contributed by atoms with Crippen molar-refractivity contribution >= 4 is 17.3 Å². The molecule has 0 saturated carbocycles. The van der Waals surface area contributed by atoms with Gasteiger partial charge in [0.1, 0.15) is 12.4 Å². The molecule has 3 N–H and O–H groups in total. The number of rotatable bonds is 4. The molecule has 120 valence electrons. The van der Waals surface area contributed by atoms with Crippen LogP contribution in [0.2, 0.25) is 0 Å². The van der Waals surface area contributed by atoms with Crippen LogP contribution in [0.15, 0.2) is 42.5 Å². The lowest BCUT2D eigenvalue weighted by Crippen LogP contribution is -2.18. The Bertz CT molecular complexity index is 718. The highest BCUT2D eigenvalue weighted by atomic mass is 19.1. The van der Waals surface area contributed by atoms with Gasteiger partial charge in [-0.15, -0.1) is 0 Å². The van der Waals surface area contributed by atoms with Crippen LogP contribution in [-0.2, 0) is 11.2 Å². The molecular formula is C18H19FN2O2. The number of carbonyl (C=O) groups is 1. The van der Waals surface area contributed by atoms with Gasteiger partial charge in [-0.05, 0) is 60.7 Å². The molecule has 4 nitrogen and oxygen atoms in total. The zero-order valence-corrected chi connectivity index (χ0v) is 12.7. The van der Waals surface area contributed by atoms with Crippen LogP contribution in [0.1, 0.15) is 30.0 Å². The third kappa shape index (κ3) is 3.68. The van der Waals surface area contributed by atoms with Crippen molar-refractivity contribution in [2.24, 2.45) is 0 Å². The molecule has 2 aromatic carbocycles. The van der Waals surface area contributed by atoms with Gasteiger partial charge >= 0.3 is 0 Å². The van der Waals surface area contributed by atoms with Crippen LogP contribution in [0.5, 0.6) is 0 Å². The monoisotopic (exact) mass is 314 g/mol. The fraction of sp³-hybridized carbons (Fsp3) is 0.278. The molecule has 2 aromatic rings. The summed E-state index contributed by atoms with van der Waals surface area (Å²) in [5, 5.41) is 14.8. The van der Waals surface area contributed by atoms with Crippen molar-refractivity contribution < 1.29 is 14.3 Å². The van der Waals surface area contributed by atoms with Crippen molar-refractivity contribution in [3.05, 3.63) is 59.4 Å². The van der Waals surface area contributed by atoms with E-state index < -0.39 is 12.5 Å². The molecule has 0 bridgehead atoms. The predicted molar refractivity (Wildman–Crippen MR) is 87.9 cm³/mol. The third-order valence-corrected chi connectivity index (χ3v) is 4.05. The molecule has 0 fully saturated rings. The summed E-state index contributed by atoms with van der Waals surface area (Å²) in [4.78, 5) is 11.3. The first kappa shape index (κ1) is 15.5. The number of benzene rings is 2. The fourth-order valence-electron chi connectivity index (χ4n) is 3.01. The van der Waals surface area contributed by atoms with Gasteiger partial charge in [-0.2, -0.15) is 0 Å². The minimum atomic E-state index is -0.549. The number of hydrogen-bond acceptors (Lipinski definition) is 3. The molecule has 1 aliphatic rings. The number of halogens is 1. The number of nitrogens with one attached hydrogen (secondary N) is 2. The summed E-state index contributed by atoms with van der Waals surface area (Å²) in [7, 11) is 0. The van der Waals surface area contributed by atoms with Crippen molar-refractivity contribution in [1.82, 2.24) is 0 Å². The van der Waals surface area contributed by atoms with Gasteiger partial charge in [0, 0.05) is 11.4 Å². The zero-order valence-electron chi connectivity index (χ0n) is 12.7. The predicted octanol–water partition coefficient (Wildman–Crippen LogP) is 3.25. The molecule has 1 amide bonds. The maximum Gasteiger partial charge on any atom is 0.250 e. The van der Waals surface area contributed by atoms with E-state index in [0.717, 1.165) is 30.5 Å². The smallest absolute Gasteiger partial charge is 0.250 e. The first-order chi connectivity index (χ1) is 11.2. The topological polar surface area (TPSA) is 61.4 Å². The van der Waals surface area contributed by atoms with Crippen molar-refractivity contribution in [3.63, 3.8) is 0 Å². The number of aryl methyl sites for hydroxylation is 1. The molecule has 0 aromatic heterocycles. The number of amides is 1. The Morgan fingerprint density at radius 1 is 1.22 bits per heavy atom. The summed E-state index contributed by atoms with van der Waals surface area (Å²) in [5.74, 6) is -0.673. The van der Waals surface area contributed by atoms with Gasteiger partial charge in [-0.1, -0.05) is 12.1 Å². The molecule has 0 saturated heterocycles. The Balaban J connectivity index is 1.79. The summed E-state index contributed by atoms with van der Waals surface area (Å²) in [5.41, 5.74) is 3.65. The van der Waals surface area contributed by atoms with E-state index in [1.807, 2.05) is 18.2 Å². The minimum Gasteiger partial charge on any atom is -0.387 e. The van der Waals surface area contributed by atoms with Gasteiger partial charge in [0.2, 0.25) is 5.91 Å².